The van der Waals surface area contributed by atoms with Gasteiger partial charge in [-0.15, -0.1) is 0 Å². The molecule has 2 aromatic rings. The number of thioether (sulfide) groups is 1. The Balaban J connectivity index is 2.29. The van der Waals surface area contributed by atoms with Gasteiger partial charge in [-0.2, -0.15) is 4.37 Å². The average Bonchev–Trinajstić information content (AvgIpc) is 2.67. The van der Waals surface area contributed by atoms with Crippen molar-refractivity contribution in [2.75, 3.05) is 5.75 Å². The lowest BCUT2D eigenvalue weighted by atomic mass is 10.1. The smallest absolute Gasteiger partial charge is 0.174 e. The van der Waals surface area contributed by atoms with Crippen LogP contribution in [0.25, 0.3) is 11.4 Å². The topological polar surface area (TPSA) is 25.8 Å². The first-order valence-corrected chi connectivity index (χ1v) is 6.59. The largest absolute Gasteiger partial charge is 0.208 e. The lowest BCUT2D eigenvalue weighted by molar-refractivity contribution is 1.21. The highest BCUT2D eigenvalue weighted by Gasteiger charge is 2.05. The van der Waals surface area contributed by atoms with Crippen LogP contribution in [0.15, 0.2) is 28.6 Å². The highest BCUT2D eigenvalue weighted by Crippen LogP contribution is 2.25. The van der Waals surface area contributed by atoms with E-state index < -0.39 is 0 Å². The molecule has 1 aromatic heterocycles. The summed E-state index contributed by atoms with van der Waals surface area (Å²) in [4.78, 5) is 4.48. The van der Waals surface area contributed by atoms with Crippen molar-refractivity contribution in [1.82, 2.24) is 9.36 Å². The summed E-state index contributed by atoms with van der Waals surface area (Å²) in [6.07, 6.45) is 0. The first-order chi connectivity index (χ1) is 7.29. The zero-order chi connectivity index (χ0) is 10.7. The van der Waals surface area contributed by atoms with Gasteiger partial charge in [-0.05, 0) is 30.3 Å². The van der Waals surface area contributed by atoms with Gasteiger partial charge >= 0.3 is 0 Å². The molecule has 0 fully saturated rings. The quantitative estimate of drug-likeness (QED) is 0.761. The Morgan fingerprint density at radius 2 is 2.27 bits per heavy atom. The van der Waals surface area contributed by atoms with Gasteiger partial charge in [0.1, 0.15) is 0 Å². The Morgan fingerprint density at radius 1 is 1.40 bits per heavy atom. The fourth-order valence-electron chi connectivity index (χ4n) is 1.29. The van der Waals surface area contributed by atoms with Crippen LogP contribution in [0, 0.1) is 6.92 Å². The summed E-state index contributed by atoms with van der Waals surface area (Å²) in [5.41, 5.74) is 2.35. The van der Waals surface area contributed by atoms with Crippen molar-refractivity contribution in [3.63, 3.8) is 0 Å². The molecule has 2 rings (SSSR count). The van der Waals surface area contributed by atoms with Gasteiger partial charge in [0, 0.05) is 5.56 Å². The molecule has 0 radical (unpaired) electrons. The standard InChI is InChI=1S/C11H12N2S2/c1-3-14-11-12-10(13-15-11)9-6-4-5-8(2)7-9/h4-7H,3H2,1-2H3. The highest BCUT2D eigenvalue weighted by molar-refractivity contribution is 8.00. The van der Waals surface area contributed by atoms with Crippen molar-refractivity contribution in [3.05, 3.63) is 29.8 Å². The number of benzene rings is 1. The van der Waals surface area contributed by atoms with Crippen LogP contribution in [0.2, 0.25) is 0 Å². The van der Waals surface area contributed by atoms with E-state index in [9.17, 15) is 0 Å². The Kier molecular flexibility index (Phi) is 3.38. The lowest BCUT2D eigenvalue weighted by Crippen LogP contribution is -1.81. The summed E-state index contributed by atoms with van der Waals surface area (Å²) in [5, 5.41) is 0. The normalized spacial score (nSPS) is 10.5. The van der Waals surface area contributed by atoms with Gasteiger partial charge in [-0.1, -0.05) is 42.4 Å². The summed E-state index contributed by atoms with van der Waals surface area (Å²) in [6, 6.07) is 8.29. The highest BCUT2D eigenvalue weighted by atomic mass is 32.2. The van der Waals surface area contributed by atoms with E-state index in [1.165, 1.54) is 17.1 Å². The molecule has 15 heavy (non-hydrogen) atoms. The van der Waals surface area contributed by atoms with Crippen LogP contribution in [0.4, 0.5) is 0 Å². The van der Waals surface area contributed by atoms with E-state index in [2.05, 4.69) is 41.4 Å². The number of nitrogens with zero attached hydrogens (tertiary/aromatic N) is 2. The van der Waals surface area contributed by atoms with Crippen LogP contribution in [0.3, 0.4) is 0 Å². The van der Waals surface area contributed by atoms with Gasteiger partial charge in [0.2, 0.25) is 0 Å². The molecule has 0 aliphatic rings. The summed E-state index contributed by atoms with van der Waals surface area (Å²) in [5.74, 6) is 1.89. The SMILES string of the molecule is CCSc1nc(-c2cccc(C)c2)ns1. The molecule has 0 N–H and O–H groups in total. The maximum atomic E-state index is 4.48. The van der Waals surface area contributed by atoms with Crippen molar-refractivity contribution in [2.45, 2.75) is 18.2 Å². The van der Waals surface area contributed by atoms with E-state index in [4.69, 9.17) is 0 Å². The Morgan fingerprint density at radius 3 is 3.00 bits per heavy atom. The zero-order valence-electron chi connectivity index (χ0n) is 8.73. The molecule has 0 bridgehead atoms. The number of rotatable bonds is 3. The molecule has 0 aliphatic carbocycles. The van der Waals surface area contributed by atoms with Crippen molar-refractivity contribution >= 4 is 23.3 Å². The molecule has 1 heterocycles. The Labute approximate surface area is 97.9 Å². The van der Waals surface area contributed by atoms with E-state index in [-0.39, 0.29) is 0 Å². The fraction of sp³-hybridized carbons (Fsp3) is 0.273. The number of aromatic nitrogens is 2. The van der Waals surface area contributed by atoms with Crippen molar-refractivity contribution in [3.8, 4) is 11.4 Å². The minimum atomic E-state index is 0.847. The zero-order valence-corrected chi connectivity index (χ0v) is 10.4. The first kappa shape index (κ1) is 10.6. The summed E-state index contributed by atoms with van der Waals surface area (Å²) in [7, 11) is 0. The molecular weight excluding hydrogens is 224 g/mol. The molecule has 2 nitrogen and oxygen atoms in total. The molecule has 0 amide bonds. The van der Waals surface area contributed by atoms with E-state index in [1.807, 2.05) is 6.07 Å². The molecule has 1 aromatic carbocycles. The third-order valence-electron chi connectivity index (χ3n) is 1.95. The number of hydrogen-bond donors (Lipinski definition) is 0. The summed E-state index contributed by atoms with van der Waals surface area (Å²) >= 11 is 3.22. The fourth-order valence-corrected chi connectivity index (χ4v) is 2.81. The lowest BCUT2D eigenvalue weighted by Gasteiger charge is -1.96. The van der Waals surface area contributed by atoms with Gasteiger partial charge in [-0.3, -0.25) is 0 Å². The predicted molar refractivity (Wildman–Crippen MR) is 66.5 cm³/mol. The van der Waals surface area contributed by atoms with Gasteiger partial charge < -0.3 is 0 Å². The van der Waals surface area contributed by atoms with Crippen molar-refractivity contribution in [1.29, 1.82) is 0 Å². The second-order valence-electron chi connectivity index (χ2n) is 3.19. The van der Waals surface area contributed by atoms with E-state index in [0.717, 1.165) is 21.5 Å². The van der Waals surface area contributed by atoms with Gasteiger partial charge in [0.15, 0.2) is 10.2 Å². The van der Waals surface area contributed by atoms with E-state index in [1.54, 1.807) is 11.8 Å². The molecule has 78 valence electrons. The monoisotopic (exact) mass is 236 g/mol. The maximum Gasteiger partial charge on any atom is 0.174 e. The van der Waals surface area contributed by atoms with Crippen LogP contribution >= 0.6 is 23.3 Å². The summed E-state index contributed by atoms with van der Waals surface area (Å²) < 4.78 is 5.41. The van der Waals surface area contributed by atoms with Crippen molar-refractivity contribution in [2.24, 2.45) is 0 Å². The molecular formula is C11H12N2S2. The minimum absolute atomic E-state index is 0.847. The van der Waals surface area contributed by atoms with Gasteiger partial charge in [0.05, 0.1) is 0 Å². The first-order valence-electron chi connectivity index (χ1n) is 4.83. The van der Waals surface area contributed by atoms with Crippen LogP contribution < -0.4 is 0 Å². The number of aryl methyl sites for hydroxylation is 1. The van der Waals surface area contributed by atoms with Gasteiger partial charge in [0.25, 0.3) is 0 Å². The molecule has 0 saturated carbocycles. The number of hydrogen-bond acceptors (Lipinski definition) is 4. The summed E-state index contributed by atoms with van der Waals surface area (Å²) in [6.45, 7) is 4.20. The second kappa shape index (κ2) is 4.77. The molecule has 4 heteroatoms. The maximum absolute atomic E-state index is 4.48. The van der Waals surface area contributed by atoms with Crippen LogP contribution in [-0.4, -0.2) is 15.1 Å². The van der Waals surface area contributed by atoms with Crippen LogP contribution in [0.5, 0.6) is 0 Å². The third kappa shape index (κ3) is 2.58. The molecule has 0 atom stereocenters. The molecule has 0 saturated heterocycles. The molecule has 0 spiro atoms. The van der Waals surface area contributed by atoms with Gasteiger partial charge in [-0.25, -0.2) is 4.98 Å². The Bertz CT molecular complexity index is 451. The van der Waals surface area contributed by atoms with Crippen molar-refractivity contribution < 1.29 is 0 Å². The Hall–Kier alpha value is -0.870. The minimum Gasteiger partial charge on any atom is -0.208 e. The average molecular weight is 236 g/mol. The van der Waals surface area contributed by atoms with Crippen LogP contribution in [0.1, 0.15) is 12.5 Å². The second-order valence-corrected chi connectivity index (χ2v) is 5.45. The van der Waals surface area contributed by atoms with Crippen LogP contribution in [-0.2, 0) is 0 Å². The predicted octanol–water partition coefficient (Wildman–Crippen LogP) is 3.63. The third-order valence-corrected chi connectivity index (χ3v) is 3.67. The van der Waals surface area contributed by atoms with E-state index >= 15 is 0 Å². The molecule has 0 aliphatic heterocycles. The van der Waals surface area contributed by atoms with E-state index in [0.29, 0.717) is 0 Å². The molecule has 0 unspecified atom stereocenters.